The standard InChI is InChI=1S/C42H44N4O8S2/c1-41(2)31-15-5-7-17-33(31)45(23-13-25-53-55(49,50)37-19-9-11-21-43-37)35(41)27-29-39(47)30(40(29)48)28-36-42(3,4)32-16-6-8-18-34(32)46(36)24-14-26-54-56(51,52)38-20-10-12-22-44-38/h5-12,15-22,27-29,47H,13-14,23-26H2,1-4H3/b35-27-,36-28+. The molecule has 12 nitrogen and oxygen atoms in total. The number of nitrogens with zero attached hydrogens (tertiary/aromatic N) is 4. The van der Waals surface area contributed by atoms with E-state index in [2.05, 4.69) is 47.5 Å². The minimum atomic E-state index is -4.02. The van der Waals surface area contributed by atoms with Gasteiger partial charge in [-0.25, -0.2) is 9.97 Å². The van der Waals surface area contributed by atoms with E-state index in [-0.39, 0.29) is 40.4 Å². The van der Waals surface area contributed by atoms with Crippen molar-refractivity contribution in [3.05, 3.63) is 143 Å². The molecule has 292 valence electrons. The van der Waals surface area contributed by atoms with E-state index < -0.39 is 37.0 Å². The predicted octanol–water partition coefficient (Wildman–Crippen LogP) is 6.74. The highest BCUT2D eigenvalue weighted by molar-refractivity contribution is 7.86. The number of aromatic nitrogens is 2. The van der Waals surface area contributed by atoms with Gasteiger partial charge in [0, 0.05) is 59.1 Å². The van der Waals surface area contributed by atoms with Crippen LogP contribution < -0.4 is 9.80 Å². The first-order valence-electron chi connectivity index (χ1n) is 18.4. The Labute approximate surface area is 328 Å². The molecule has 1 N–H and O–H groups in total. The van der Waals surface area contributed by atoms with Crippen molar-refractivity contribution in [1.29, 1.82) is 0 Å². The lowest BCUT2D eigenvalue weighted by atomic mass is 9.76. The van der Waals surface area contributed by atoms with E-state index in [4.69, 9.17) is 8.37 Å². The quantitative estimate of drug-likeness (QED) is 0.106. The molecule has 4 aromatic rings. The first-order chi connectivity index (χ1) is 26.6. The molecule has 56 heavy (non-hydrogen) atoms. The van der Waals surface area contributed by atoms with Gasteiger partial charge in [-0.15, -0.1) is 0 Å². The maximum absolute atomic E-state index is 14.0. The summed E-state index contributed by atoms with van der Waals surface area (Å²) in [5, 5.41) is 11.3. The number of fused-ring (bicyclic) bond motifs is 2. The van der Waals surface area contributed by atoms with E-state index in [1.165, 1.54) is 24.5 Å². The molecule has 2 aromatic heterocycles. The number of benzene rings is 2. The van der Waals surface area contributed by atoms with Gasteiger partial charge in [-0.3, -0.25) is 13.2 Å². The molecule has 0 amide bonds. The molecule has 2 aliphatic heterocycles. The minimum Gasteiger partial charge on any atom is -0.510 e. The minimum absolute atomic E-state index is 0.0389. The molecule has 2 aromatic carbocycles. The number of carbonyl (C=O) groups is 1. The summed E-state index contributed by atoms with van der Waals surface area (Å²) in [4.78, 5) is 25.9. The summed E-state index contributed by atoms with van der Waals surface area (Å²) in [5.74, 6) is -1.14. The normalized spacial score (nSPS) is 20.1. The van der Waals surface area contributed by atoms with Crippen LogP contribution in [0.5, 0.6) is 0 Å². The average molecular weight is 797 g/mol. The Hall–Kier alpha value is -5.15. The molecule has 7 rings (SSSR count). The molecule has 0 fully saturated rings. The van der Waals surface area contributed by atoms with Crippen molar-refractivity contribution >= 4 is 37.4 Å². The Bertz CT molecular complexity index is 2460. The predicted molar refractivity (Wildman–Crippen MR) is 212 cm³/mol. The van der Waals surface area contributed by atoms with Crippen LogP contribution in [0, 0.1) is 5.92 Å². The molecule has 0 radical (unpaired) electrons. The highest BCUT2D eigenvalue weighted by atomic mass is 32.2. The Kier molecular flexibility index (Phi) is 10.5. The third kappa shape index (κ3) is 7.18. The van der Waals surface area contributed by atoms with Crippen LogP contribution in [-0.2, 0) is 44.2 Å². The molecule has 0 bridgehead atoms. The highest BCUT2D eigenvalue weighted by Crippen LogP contribution is 2.51. The van der Waals surface area contributed by atoms with Crippen molar-refractivity contribution < 1.29 is 35.1 Å². The second kappa shape index (κ2) is 15.1. The number of Topliss-reactive ketones (excluding diaryl/α,β-unsaturated/α-hetero) is 1. The molecule has 1 unspecified atom stereocenters. The number of hydrogen-bond donors (Lipinski definition) is 1. The summed E-state index contributed by atoms with van der Waals surface area (Å²) < 4.78 is 61.3. The summed E-state index contributed by atoms with van der Waals surface area (Å²) in [7, 11) is -8.04. The zero-order valence-corrected chi connectivity index (χ0v) is 33.3. The summed E-state index contributed by atoms with van der Waals surface area (Å²) in [6, 6.07) is 25.0. The molecule has 0 saturated heterocycles. The van der Waals surface area contributed by atoms with Crippen LogP contribution in [0.15, 0.2) is 142 Å². The maximum Gasteiger partial charge on any atom is 0.314 e. The summed E-state index contributed by atoms with van der Waals surface area (Å²) in [6.07, 6.45) is 7.07. The second-order valence-corrected chi connectivity index (χ2v) is 18.0. The van der Waals surface area contributed by atoms with Crippen LogP contribution in [0.3, 0.4) is 0 Å². The average Bonchev–Trinajstić information content (AvgIpc) is 3.54. The number of rotatable bonds is 14. The SMILES string of the molecule is CC1(C)/C(=C/C2C(=O)C(/C=C3/N(CCCOS(=O)(=O)c4ccccn4)c4ccccc4C3(C)C)=C2O)N(CCCOS(=O)(=O)c2ccccn2)c2ccccc21. The van der Waals surface area contributed by atoms with Crippen LogP contribution in [0.25, 0.3) is 0 Å². The van der Waals surface area contributed by atoms with Gasteiger partial charge in [0.05, 0.1) is 18.8 Å². The van der Waals surface area contributed by atoms with Gasteiger partial charge in [-0.1, -0.05) is 76.2 Å². The fourth-order valence-corrected chi connectivity index (χ4v) is 9.51. The molecule has 0 saturated carbocycles. The third-order valence-corrected chi connectivity index (χ3v) is 13.1. The summed E-state index contributed by atoms with van der Waals surface area (Å²) in [5.41, 5.74) is 4.72. The van der Waals surface area contributed by atoms with Crippen LogP contribution in [0.2, 0.25) is 0 Å². The van der Waals surface area contributed by atoms with Crippen molar-refractivity contribution in [3.63, 3.8) is 0 Å². The summed E-state index contributed by atoms with van der Waals surface area (Å²) >= 11 is 0. The lowest BCUT2D eigenvalue weighted by Gasteiger charge is -2.33. The number of carbonyl (C=O) groups excluding carboxylic acids is 1. The van der Waals surface area contributed by atoms with Crippen molar-refractivity contribution in [2.45, 2.75) is 61.4 Å². The number of para-hydroxylation sites is 2. The van der Waals surface area contributed by atoms with E-state index in [9.17, 15) is 26.7 Å². The van der Waals surface area contributed by atoms with Crippen molar-refractivity contribution in [3.8, 4) is 0 Å². The van der Waals surface area contributed by atoms with E-state index >= 15 is 0 Å². The van der Waals surface area contributed by atoms with Crippen LogP contribution in [-0.4, -0.2) is 64.0 Å². The zero-order chi connectivity index (χ0) is 39.9. The molecule has 4 heterocycles. The molecule has 0 spiro atoms. The van der Waals surface area contributed by atoms with Gasteiger partial charge < -0.3 is 14.9 Å². The first kappa shape index (κ1) is 39.1. The number of hydrogen-bond acceptors (Lipinski definition) is 12. The van der Waals surface area contributed by atoms with E-state index in [0.29, 0.717) is 25.9 Å². The van der Waals surface area contributed by atoms with Gasteiger partial charge in [0.25, 0.3) is 0 Å². The van der Waals surface area contributed by atoms with Gasteiger partial charge in [0.15, 0.2) is 15.8 Å². The number of pyridine rings is 2. The molecule has 14 heteroatoms. The Balaban J connectivity index is 1.12. The number of anilines is 2. The maximum atomic E-state index is 14.0. The summed E-state index contributed by atoms with van der Waals surface area (Å²) in [6.45, 7) is 8.89. The Morgan fingerprint density at radius 1 is 0.679 bits per heavy atom. The Morgan fingerprint density at radius 2 is 1.12 bits per heavy atom. The van der Waals surface area contributed by atoms with E-state index in [1.54, 1.807) is 30.3 Å². The Morgan fingerprint density at radius 3 is 1.59 bits per heavy atom. The van der Waals surface area contributed by atoms with Crippen molar-refractivity contribution in [1.82, 2.24) is 9.97 Å². The van der Waals surface area contributed by atoms with Crippen LogP contribution in [0.1, 0.15) is 51.7 Å². The van der Waals surface area contributed by atoms with Gasteiger partial charge >= 0.3 is 20.2 Å². The van der Waals surface area contributed by atoms with Gasteiger partial charge in [-0.05, 0) is 72.5 Å². The largest absolute Gasteiger partial charge is 0.510 e. The molecule has 3 aliphatic rings. The van der Waals surface area contributed by atoms with E-state index in [1.807, 2.05) is 54.6 Å². The third-order valence-electron chi connectivity index (χ3n) is 10.6. The van der Waals surface area contributed by atoms with Gasteiger partial charge in [-0.2, -0.15) is 16.8 Å². The van der Waals surface area contributed by atoms with Crippen LogP contribution >= 0.6 is 0 Å². The lowest BCUT2D eigenvalue weighted by Crippen LogP contribution is -2.35. The fourth-order valence-electron chi connectivity index (χ4n) is 7.72. The number of aliphatic hydroxyl groups excluding tert-OH is 1. The second-order valence-electron chi connectivity index (χ2n) is 14.9. The topological polar surface area (TPSA) is 156 Å². The first-order valence-corrected chi connectivity index (χ1v) is 21.2. The lowest BCUT2D eigenvalue weighted by molar-refractivity contribution is -0.120. The molecule has 1 aliphatic carbocycles. The number of aliphatic hydroxyl groups is 1. The fraction of sp³-hybridized carbons (Fsp3) is 0.310. The molecule has 1 atom stereocenters. The van der Waals surface area contributed by atoms with Crippen LogP contribution in [0.4, 0.5) is 11.4 Å². The molecular weight excluding hydrogens is 753 g/mol. The van der Waals surface area contributed by atoms with Crippen molar-refractivity contribution in [2.24, 2.45) is 5.92 Å². The number of allylic oxidation sites excluding steroid dienone is 5. The monoisotopic (exact) mass is 796 g/mol. The van der Waals surface area contributed by atoms with Crippen molar-refractivity contribution in [2.75, 3.05) is 36.1 Å². The smallest absolute Gasteiger partial charge is 0.314 e. The van der Waals surface area contributed by atoms with Gasteiger partial charge in [0.1, 0.15) is 11.7 Å². The highest BCUT2D eigenvalue weighted by Gasteiger charge is 2.46. The van der Waals surface area contributed by atoms with E-state index in [0.717, 1.165) is 33.9 Å². The van der Waals surface area contributed by atoms with Gasteiger partial charge in [0.2, 0.25) is 0 Å². The zero-order valence-electron chi connectivity index (χ0n) is 31.6. The molecular formula is C42H44N4O8S2. The number of ketones is 1.